The third-order valence-electron chi connectivity index (χ3n) is 8.02. The second-order valence-corrected chi connectivity index (χ2v) is 11.2. The zero-order valence-electron chi connectivity index (χ0n) is 17.0. The average molecular weight is 408 g/mol. The Balaban J connectivity index is 1.20. The number of methoxy groups -OCH3 is 1. The molecule has 28 heavy (non-hydrogen) atoms. The first-order valence-electron chi connectivity index (χ1n) is 11.0. The molecule has 4 bridgehead atoms. The number of rotatable bonds is 4. The van der Waals surface area contributed by atoms with E-state index in [1.54, 1.807) is 18.9 Å². The lowest BCUT2D eigenvalue weighted by Crippen LogP contribution is -2.63. The molecule has 0 aromatic rings. The zero-order valence-corrected chi connectivity index (χ0v) is 17.8. The van der Waals surface area contributed by atoms with Gasteiger partial charge in [0, 0.05) is 32.3 Å². The number of piperidine rings is 1. The Morgan fingerprint density at radius 1 is 1.14 bits per heavy atom. The molecule has 4 saturated carbocycles. The highest BCUT2D eigenvalue weighted by molar-refractivity contribution is 8.01. The summed E-state index contributed by atoms with van der Waals surface area (Å²) in [5.41, 5.74) is 0.0730. The molecule has 4 aliphatic carbocycles. The van der Waals surface area contributed by atoms with Crippen LogP contribution in [0.5, 0.6) is 0 Å². The summed E-state index contributed by atoms with van der Waals surface area (Å²) < 4.78 is 5.20. The first-order chi connectivity index (χ1) is 13.5. The minimum absolute atomic E-state index is 0.0730. The molecule has 0 unspecified atom stereocenters. The largest absolute Gasteiger partial charge is 0.383 e. The molecule has 0 aromatic heterocycles. The summed E-state index contributed by atoms with van der Waals surface area (Å²) in [5, 5.41) is 3.51. The maximum absolute atomic E-state index is 13.1. The number of thioether (sulfide) groups is 1. The van der Waals surface area contributed by atoms with Crippen LogP contribution in [0.25, 0.3) is 0 Å². The molecule has 6 nitrogen and oxygen atoms in total. The maximum Gasteiger partial charge on any atom is 0.317 e. The van der Waals surface area contributed by atoms with Crippen LogP contribution in [0.3, 0.4) is 0 Å². The summed E-state index contributed by atoms with van der Waals surface area (Å²) in [7, 11) is 1.68. The van der Waals surface area contributed by atoms with Crippen molar-refractivity contribution in [1.29, 1.82) is 0 Å². The number of carbonyl (C=O) groups is 2. The van der Waals surface area contributed by atoms with Crippen LogP contribution in [-0.4, -0.2) is 71.3 Å². The Hall–Kier alpha value is -0.950. The lowest BCUT2D eigenvalue weighted by Gasteiger charge is -2.57. The van der Waals surface area contributed by atoms with Crippen LogP contribution in [-0.2, 0) is 9.53 Å². The summed E-state index contributed by atoms with van der Waals surface area (Å²) in [6.07, 6.45) is 9.48. The molecule has 2 aliphatic heterocycles. The summed E-state index contributed by atoms with van der Waals surface area (Å²) in [6, 6.07) is 0.134. The molecule has 6 aliphatic rings. The van der Waals surface area contributed by atoms with Crippen molar-refractivity contribution in [3.8, 4) is 0 Å². The fourth-order valence-electron chi connectivity index (χ4n) is 7.13. The predicted molar refractivity (Wildman–Crippen MR) is 109 cm³/mol. The summed E-state index contributed by atoms with van der Waals surface area (Å²) >= 11 is 1.76. The number of nitrogens with one attached hydrogen (secondary N) is 1. The van der Waals surface area contributed by atoms with Gasteiger partial charge in [0.05, 0.1) is 17.2 Å². The van der Waals surface area contributed by atoms with Gasteiger partial charge >= 0.3 is 6.03 Å². The Kier molecular flexibility index (Phi) is 4.81. The number of nitrogens with zero attached hydrogens (tertiary/aromatic N) is 2. The molecule has 156 valence electrons. The highest BCUT2D eigenvalue weighted by Crippen LogP contribution is 2.55. The fraction of sp³-hybridized carbons (Fsp3) is 0.905. The predicted octanol–water partition coefficient (Wildman–Crippen LogP) is 2.68. The highest BCUT2D eigenvalue weighted by atomic mass is 32.2. The second kappa shape index (κ2) is 7.08. The average Bonchev–Trinajstić information content (AvgIpc) is 2.94. The summed E-state index contributed by atoms with van der Waals surface area (Å²) in [6.45, 7) is 2.70. The highest BCUT2D eigenvalue weighted by Gasteiger charge is 2.53. The number of urea groups is 1. The molecular formula is C21H33N3O3S. The maximum atomic E-state index is 13.1. The third-order valence-corrected chi connectivity index (χ3v) is 9.58. The van der Waals surface area contributed by atoms with Gasteiger partial charge in [-0.05, 0) is 69.1 Å². The summed E-state index contributed by atoms with van der Waals surface area (Å²) in [5.74, 6) is 3.29. The number of carbonyl (C=O) groups excluding carboxylic acids is 2. The number of ether oxygens (including phenoxy) is 1. The van der Waals surface area contributed by atoms with Gasteiger partial charge in [-0.1, -0.05) is 0 Å². The van der Waals surface area contributed by atoms with Crippen molar-refractivity contribution in [3.05, 3.63) is 0 Å². The number of amides is 3. The Morgan fingerprint density at radius 3 is 2.32 bits per heavy atom. The van der Waals surface area contributed by atoms with E-state index in [1.165, 1.54) is 38.5 Å². The van der Waals surface area contributed by atoms with Crippen molar-refractivity contribution in [1.82, 2.24) is 15.1 Å². The lowest BCUT2D eigenvalue weighted by atomic mass is 9.53. The zero-order chi connectivity index (χ0) is 19.4. The van der Waals surface area contributed by atoms with E-state index < -0.39 is 0 Å². The molecule has 6 fully saturated rings. The molecule has 0 aromatic carbocycles. The van der Waals surface area contributed by atoms with Gasteiger partial charge < -0.3 is 19.9 Å². The molecule has 3 amide bonds. The topological polar surface area (TPSA) is 61.9 Å². The molecule has 2 saturated heterocycles. The van der Waals surface area contributed by atoms with E-state index in [1.807, 2.05) is 9.80 Å². The van der Waals surface area contributed by atoms with Crippen molar-refractivity contribution in [3.63, 3.8) is 0 Å². The lowest BCUT2D eigenvalue weighted by molar-refractivity contribution is -0.131. The first kappa shape index (κ1) is 19.0. The standard InChI is InChI=1S/C21H33N3O3S/c1-27-7-6-24-18(25)14-28-21(24)2-4-23(5-3-21)19(26)22-20-11-15-8-16(12-20)10-17(9-15)13-20/h15-17H,2-14H2,1H3,(H,22,26). The Morgan fingerprint density at radius 2 is 1.75 bits per heavy atom. The van der Waals surface area contributed by atoms with Crippen LogP contribution in [0.1, 0.15) is 51.4 Å². The van der Waals surface area contributed by atoms with Crippen molar-refractivity contribution in [2.24, 2.45) is 17.8 Å². The van der Waals surface area contributed by atoms with Crippen LogP contribution in [0.2, 0.25) is 0 Å². The van der Waals surface area contributed by atoms with E-state index in [2.05, 4.69) is 5.32 Å². The van der Waals surface area contributed by atoms with Crippen LogP contribution in [0, 0.1) is 17.8 Å². The summed E-state index contributed by atoms with van der Waals surface area (Å²) in [4.78, 5) is 29.3. The van der Waals surface area contributed by atoms with Crippen LogP contribution >= 0.6 is 11.8 Å². The molecule has 0 radical (unpaired) electrons. The van der Waals surface area contributed by atoms with Crippen molar-refractivity contribution in [2.75, 3.05) is 39.1 Å². The van der Waals surface area contributed by atoms with E-state index in [0.717, 1.165) is 43.7 Å². The van der Waals surface area contributed by atoms with Gasteiger partial charge in [0.1, 0.15) is 0 Å². The van der Waals surface area contributed by atoms with E-state index in [0.29, 0.717) is 18.9 Å². The molecule has 7 heteroatoms. The molecule has 6 rings (SSSR count). The Labute approximate surface area is 172 Å². The van der Waals surface area contributed by atoms with Crippen LogP contribution in [0.4, 0.5) is 4.79 Å². The molecule has 2 heterocycles. The molecule has 1 spiro atoms. The van der Waals surface area contributed by atoms with Gasteiger partial charge in [-0.3, -0.25) is 4.79 Å². The van der Waals surface area contributed by atoms with Crippen LogP contribution in [0.15, 0.2) is 0 Å². The van der Waals surface area contributed by atoms with E-state index in [4.69, 9.17) is 4.74 Å². The van der Waals surface area contributed by atoms with Gasteiger partial charge in [-0.2, -0.15) is 0 Å². The van der Waals surface area contributed by atoms with E-state index in [9.17, 15) is 9.59 Å². The van der Waals surface area contributed by atoms with Gasteiger partial charge in [0.2, 0.25) is 5.91 Å². The van der Waals surface area contributed by atoms with Crippen molar-refractivity contribution < 1.29 is 14.3 Å². The van der Waals surface area contributed by atoms with Crippen molar-refractivity contribution in [2.45, 2.75) is 61.8 Å². The van der Waals surface area contributed by atoms with Gasteiger partial charge in [-0.15, -0.1) is 11.8 Å². The molecule has 1 N–H and O–H groups in total. The van der Waals surface area contributed by atoms with Crippen LogP contribution < -0.4 is 5.32 Å². The minimum atomic E-state index is -0.132. The quantitative estimate of drug-likeness (QED) is 0.778. The first-order valence-corrected chi connectivity index (χ1v) is 12.0. The van der Waals surface area contributed by atoms with Gasteiger partial charge in [-0.25, -0.2) is 4.79 Å². The fourth-order valence-corrected chi connectivity index (χ4v) is 8.50. The van der Waals surface area contributed by atoms with Gasteiger partial charge in [0.25, 0.3) is 0 Å². The number of hydrogen-bond acceptors (Lipinski definition) is 4. The van der Waals surface area contributed by atoms with E-state index >= 15 is 0 Å². The van der Waals surface area contributed by atoms with Gasteiger partial charge in [0.15, 0.2) is 0 Å². The molecule has 0 atom stereocenters. The minimum Gasteiger partial charge on any atom is -0.383 e. The number of hydrogen-bond donors (Lipinski definition) is 1. The number of likely N-dealkylation sites (tertiary alicyclic amines) is 1. The molecular weight excluding hydrogens is 374 g/mol. The second-order valence-electron chi connectivity index (χ2n) is 9.89. The monoisotopic (exact) mass is 407 g/mol. The Bertz CT molecular complexity index is 612. The third kappa shape index (κ3) is 3.22. The normalized spacial score (nSPS) is 38.5. The SMILES string of the molecule is COCCN1C(=O)CSC12CCN(C(=O)NC13CC4CC(CC(C4)C1)C3)CC2. The van der Waals surface area contributed by atoms with Crippen molar-refractivity contribution >= 4 is 23.7 Å². The smallest absolute Gasteiger partial charge is 0.317 e. The van der Waals surface area contributed by atoms with E-state index in [-0.39, 0.29) is 22.3 Å².